The number of hydrogen-bond donors (Lipinski definition) is 1. The highest BCUT2D eigenvalue weighted by Gasteiger charge is 2.16. The summed E-state index contributed by atoms with van der Waals surface area (Å²) in [6, 6.07) is 17.8. The van der Waals surface area contributed by atoms with Crippen LogP contribution in [-0.2, 0) is 4.74 Å². The third-order valence-electron chi connectivity index (χ3n) is 4.83. The molecule has 7 heteroatoms. The van der Waals surface area contributed by atoms with Crippen molar-refractivity contribution in [1.82, 2.24) is 15.1 Å². The van der Waals surface area contributed by atoms with Gasteiger partial charge in [-0.25, -0.2) is 9.48 Å². The molecule has 0 aliphatic rings. The quantitative estimate of drug-likeness (QED) is 0.453. The molecular weight excluding hydrogens is 418 g/mol. The third-order valence-corrected chi connectivity index (χ3v) is 4.83. The van der Waals surface area contributed by atoms with Crippen LogP contribution in [-0.4, -0.2) is 41.7 Å². The molecule has 0 unspecified atom stereocenters. The Balaban J connectivity index is 1.69. The maximum absolute atomic E-state index is 11.7. The molecule has 0 spiro atoms. The van der Waals surface area contributed by atoms with Crippen LogP contribution >= 0.6 is 0 Å². The Kier molecular flexibility index (Phi) is 7.63. The summed E-state index contributed by atoms with van der Waals surface area (Å²) in [7, 11) is 1.66. The molecule has 0 aliphatic heterocycles. The van der Waals surface area contributed by atoms with Gasteiger partial charge in [-0.2, -0.15) is 5.10 Å². The monoisotopic (exact) mass is 451 g/mol. The first-order valence-electron chi connectivity index (χ1n) is 11.1. The Hall–Kier alpha value is -3.48. The zero-order valence-corrected chi connectivity index (χ0v) is 20.2. The summed E-state index contributed by atoms with van der Waals surface area (Å²) in [4.78, 5) is 11.7. The summed E-state index contributed by atoms with van der Waals surface area (Å²) in [6.45, 7) is 10.5. The second-order valence-electron chi connectivity index (χ2n) is 9.02. The lowest BCUT2D eigenvalue weighted by atomic mass is 10.1. The Morgan fingerprint density at radius 2 is 1.67 bits per heavy atom. The summed E-state index contributed by atoms with van der Waals surface area (Å²) >= 11 is 0. The van der Waals surface area contributed by atoms with E-state index in [1.807, 2.05) is 74.0 Å². The molecule has 0 atom stereocenters. The number of carbonyl (C=O) groups excluding carboxylic acids is 1. The number of hydrogen-bond acceptors (Lipinski definition) is 5. The van der Waals surface area contributed by atoms with Gasteiger partial charge in [-0.15, -0.1) is 0 Å². The molecule has 1 amide bonds. The molecule has 1 N–H and O–H groups in total. The van der Waals surface area contributed by atoms with E-state index in [1.165, 1.54) is 0 Å². The highest BCUT2D eigenvalue weighted by molar-refractivity contribution is 5.67. The lowest BCUT2D eigenvalue weighted by Crippen LogP contribution is -2.34. The molecule has 0 aliphatic carbocycles. The number of carbonyl (C=O) groups is 1. The lowest BCUT2D eigenvalue weighted by Gasteiger charge is -2.19. The average Bonchev–Trinajstić information content (AvgIpc) is 3.22. The van der Waals surface area contributed by atoms with E-state index in [-0.39, 0.29) is 0 Å². The molecule has 3 rings (SSSR count). The summed E-state index contributed by atoms with van der Waals surface area (Å²) in [6.07, 6.45) is -0.450. The van der Waals surface area contributed by atoms with Crippen LogP contribution in [0.3, 0.4) is 0 Å². The highest BCUT2D eigenvalue weighted by atomic mass is 16.6. The number of alkyl carbamates (subject to hydrolysis) is 1. The fourth-order valence-electron chi connectivity index (χ4n) is 3.17. The normalized spacial score (nSPS) is 11.4. The number of amides is 1. The minimum atomic E-state index is -0.519. The van der Waals surface area contributed by atoms with Crippen LogP contribution in [0, 0.1) is 0 Å². The average molecular weight is 452 g/mol. The third kappa shape index (κ3) is 6.75. The summed E-state index contributed by atoms with van der Waals surface area (Å²) < 4.78 is 18.2. The van der Waals surface area contributed by atoms with Crippen LogP contribution in [0.15, 0.2) is 54.6 Å². The summed E-state index contributed by atoms with van der Waals surface area (Å²) in [5, 5.41) is 7.52. The van der Waals surface area contributed by atoms with Gasteiger partial charge in [0.25, 0.3) is 0 Å². The minimum Gasteiger partial charge on any atom is -0.497 e. The maximum Gasteiger partial charge on any atom is 0.407 e. The van der Waals surface area contributed by atoms with E-state index in [1.54, 1.807) is 7.11 Å². The Bertz CT molecular complexity index is 1050. The van der Waals surface area contributed by atoms with Gasteiger partial charge >= 0.3 is 6.09 Å². The van der Waals surface area contributed by atoms with Crippen molar-refractivity contribution in [2.45, 2.75) is 46.1 Å². The topological polar surface area (TPSA) is 74.6 Å². The van der Waals surface area contributed by atoms with Gasteiger partial charge in [-0.05, 0) is 81.3 Å². The standard InChI is InChI=1S/C26H33N3O4/c1-18(2)23-17-24(29(28-23)20-9-13-21(31-6)14-10-20)19-7-11-22(12-8-19)32-16-15-27-25(30)33-26(3,4)5/h7-14,17-18H,15-16H2,1-6H3,(H,27,30). The smallest absolute Gasteiger partial charge is 0.407 e. The van der Waals surface area contributed by atoms with E-state index in [0.717, 1.165) is 34.1 Å². The summed E-state index contributed by atoms with van der Waals surface area (Å²) in [5.74, 6) is 1.84. The molecule has 0 fully saturated rings. The van der Waals surface area contributed by atoms with E-state index in [0.29, 0.717) is 19.1 Å². The zero-order chi connectivity index (χ0) is 24.0. The molecule has 176 valence electrons. The lowest BCUT2D eigenvalue weighted by molar-refractivity contribution is 0.0520. The van der Waals surface area contributed by atoms with Crippen LogP contribution < -0.4 is 14.8 Å². The number of aromatic nitrogens is 2. The van der Waals surface area contributed by atoms with Crippen LogP contribution in [0.5, 0.6) is 11.5 Å². The molecule has 2 aromatic carbocycles. The van der Waals surface area contributed by atoms with Crippen molar-refractivity contribution < 1.29 is 19.0 Å². The van der Waals surface area contributed by atoms with Crippen molar-refractivity contribution in [3.8, 4) is 28.4 Å². The molecular formula is C26H33N3O4. The number of nitrogens with one attached hydrogen (secondary N) is 1. The molecule has 7 nitrogen and oxygen atoms in total. The fraction of sp³-hybridized carbons (Fsp3) is 0.385. The van der Waals surface area contributed by atoms with E-state index in [2.05, 4.69) is 25.2 Å². The van der Waals surface area contributed by atoms with Crippen LogP contribution in [0.1, 0.15) is 46.2 Å². The number of methoxy groups -OCH3 is 1. The van der Waals surface area contributed by atoms with Gasteiger partial charge < -0.3 is 19.5 Å². The minimum absolute atomic E-state index is 0.309. The zero-order valence-electron chi connectivity index (χ0n) is 20.2. The van der Waals surface area contributed by atoms with Gasteiger partial charge in [0.1, 0.15) is 23.7 Å². The predicted molar refractivity (Wildman–Crippen MR) is 129 cm³/mol. The molecule has 1 aromatic heterocycles. The molecule has 0 radical (unpaired) electrons. The number of rotatable bonds is 8. The van der Waals surface area contributed by atoms with E-state index >= 15 is 0 Å². The Labute approximate surface area is 195 Å². The van der Waals surface area contributed by atoms with Crippen LogP contribution in [0.4, 0.5) is 4.79 Å². The predicted octanol–water partition coefficient (Wildman–Crippen LogP) is 5.57. The summed E-state index contributed by atoms with van der Waals surface area (Å²) in [5.41, 5.74) is 3.50. The van der Waals surface area contributed by atoms with Gasteiger partial charge in [0, 0.05) is 5.56 Å². The number of nitrogens with zero attached hydrogens (tertiary/aromatic N) is 2. The van der Waals surface area contributed by atoms with Gasteiger partial charge in [-0.1, -0.05) is 13.8 Å². The molecule has 0 saturated heterocycles. The van der Waals surface area contributed by atoms with Gasteiger partial charge in [0.05, 0.1) is 30.7 Å². The molecule has 33 heavy (non-hydrogen) atoms. The van der Waals surface area contributed by atoms with E-state index < -0.39 is 11.7 Å². The van der Waals surface area contributed by atoms with E-state index in [9.17, 15) is 4.79 Å². The van der Waals surface area contributed by atoms with Gasteiger partial charge in [0.2, 0.25) is 0 Å². The van der Waals surface area contributed by atoms with Crippen molar-refractivity contribution in [3.63, 3.8) is 0 Å². The Morgan fingerprint density at radius 3 is 2.24 bits per heavy atom. The van der Waals surface area contributed by atoms with Crippen molar-refractivity contribution >= 4 is 6.09 Å². The van der Waals surface area contributed by atoms with Gasteiger partial charge in [0.15, 0.2) is 0 Å². The van der Waals surface area contributed by atoms with Gasteiger partial charge in [-0.3, -0.25) is 0 Å². The van der Waals surface area contributed by atoms with Crippen molar-refractivity contribution in [3.05, 3.63) is 60.3 Å². The second-order valence-corrected chi connectivity index (χ2v) is 9.02. The van der Waals surface area contributed by atoms with E-state index in [4.69, 9.17) is 19.3 Å². The SMILES string of the molecule is COc1ccc(-n2nc(C(C)C)cc2-c2ccc(OCCNC(=O)OC(C)(C)C)cc2)cc1. The molecule has 1 heterocycles. The van der Waals surface area contributed by atoms with Crippen LogP contribution in [0.2, 0.25) is 0 Å². The Morgan fingerprint density at radius 1 is 1.03 bits per heavy atom. The molecule has 3 aromatic rings. The largest absolute Gasteiger partial charge is 0.497 e. The first-order valence-corrected chi connectivity index (χ1v) is 11.1. The maximum atomic E-state index is 11.7. The van der Waals surface area contributed by atoms with Crippen molar-refractivity contribution in [2.75, 3.05) is 20.3 Å². The number of benzene rings is 2. The molecule has 0 bridgehead atoms. The number of ether oxygens (including phenoxy) is 3. The fourth-order valence-corrected chi connectivity index (χ4v) is 3.17. The van der Waals surface area contributed by atoms with Crippen molar-refractivity contribution in [1.29, 1.82) is 0 Å². The van der Waals surface area contributed by atoms with Crippen LogP contribution in [0.25, 0.3) is 16.9 Å². The first kappa shape index (κ1) is 24.2. The molecule has 0 saturated carbocycles. The first-order chi connectivity index (χ1) is 15.7. The van der Waals surface area contributed by atoms with Crippen molar-refractivity contribution in [2.24, 2.45) is 0 Å². The highest BCUT2D eigenvalue weighted by Crippen LogP contribution is 2.29. The second kappa shape index (κ2) is 10.4.